The zero-order valence-corrected chi connectivity index (χ0v) is 18.5. The van der Waals surface area contributed by atoms with Gasteiger partial charge in [0.15, 0.2) is 0 Å². The maximum absolute atomic E-state index is 12.7. The number of rotatable bonds is 14. The lowest BCUT2D eigenvalue weighted by atomic mass is 10.0. The van der Waals surface area contributed by atoms with Gasteiger partial charge in [0, 0.05) is 0 Å². The molecule has 0 aromatic heterocycles. The first kappa shape index (κ1) is 27.7. The molecule has 7 N–H and O–H groups in total. The number of aliphatic carboxylic acids is 2. The summed E-state index contributed by atoms with van der Waals surface area (Å²) in [5, 5.41) is 24.9. The SMILES string of the molecule is CSCCC(NC(=O)C(N)CC(C)C)C(=O)NC(CC(=O)O)C(=O)NC(C)C(=O)O. The van der Waals surface area contributed by atoms with Gasteiger partial charge < -0.3 is 31.9 Å². The molecule has 0 aliphatic rings. The van der Waals surface area contributed by atoms with Crippen LogP contribution < -0.4 is 21.7 Å². The van der Waals surface area contributed by atoms with Crippen LogP contribution in [0.5, 0.6) is 0 Å². The Morgan fingerprint density at radius 2 is 1.43 bits per heavy atom. The lowest BCUT2D eigenvalue weighted by Crippen LogP contribution is -2.57. The molecule has 0 aliphatic heterocycles. The van der Waals surface area contributed by atoms with Crippen molar-refractivity contribution in [2.75, 3.05) is 12.0 Å². The van der Waals surface area contributed by atoms with Gasteiger partial charge in [-0.1, -0.05) is 13.8 Å². The first-order valence-electron chi connectivity index (χ1n) is 9.49. The molecule has 172 valence electrons. The zero-order valence-electron chi connectivity index (χ0n) is 17.6. The second kappa shape index (κ2) is 13.8. The van der Waals surface area contributed by atoms with Crippen LogP contribution in [0, 0.1) is 5.92 Å². The van der Waals surface area contributed by atoms with E-state index in [0.29, 0.717) is 12.2 Å². The maximum atomic E-state index is 12.7. The molecule has 0 aromatic carbocycles. The molecule has 4 unspecified atom stereocenters. The minimum atomic E-state index is -1.50. The van der Waals surface area contributed by atoms with Crippen LogP contribution in [0.25, 0.3) is 0 Å². The molecule has 0 spiro atoms. The average molecular weight is 449 g/mol. The highest BCUT2D eigenvalue weighted by Crippen LogP contribution is 2.06. The number of thioether (sulfide) groups is 1. The maximum Gasteiger partial charge on any atom is 0.325 e. The Kier molecular flexibility index (Phi) is 12.7. The van der Waals surface area contributed by atoms with Crippen LogP contribution >= 0.6 is 11.8 Å². The molecule has 30 heavy (non-hydrogen) atoms. The van der Waals surface area contributed by atoms with Crippen LogP contribution in [0.3, 0.4) is 0 Å². The van der Waals surface area contributed by atoms with Crippen LogP contribution in [0.2, 0.25) is 0 Å². The third-order valence-electron chi connectivity index (χ3n) is 4.05. The largest absolute Gasteiger partial charge is 0.481 e. The van der Waals surface area contributed by atoms with Crippen molar-refractivity contribution < 1.29 is 34.2 Å². The Morgan fingerprint density at radius 1 is 0.900 bits per heavy atom. The lowest BCUT2D eigenvalue weighted by molar-refractivity contribution is -0.143. The van der Waals surface area contributed by atoms with Gasteiger partial charge in [0.05, 0.1) is 12.5 Å². The van der Waals surface area contributed by atoms with Crippen LogP contribution in [-0.4, -0.2) is 76.0 Å². The second-order valence-corrected chi connectivity index (χ2v) is 8.29. The van der Waals surface area contributed by atoms with E-state index < -0.39 is 60.2 Å². The van der Waals surface area contributed by atoms with Gasteiger partial charge in [-0.05, 0) is 37.7 Å². The van der Waals surface area contributed by atoms with E-state index in [0.717, 1.165) is 0 Å². The van der Waals surface area contributed by atoms with E-state index >= 15 is 0 Å². The third-order valence-corrected chi connectivity index (χ3v) is 4.69. The van der Waals surface area contributed by atoms with Crippen molar-refractivity contribution in [3.63, 3.8) is 0 Å². The minimum absolute atomic E-state index is 0.170. The van der Waals surface area contributed by atoms with Crippen LogP contribution in [0.4, 0.5) is 0 Å². The second-order valence-electron chi connectivity index (χ2n) is 7.31. The standard InChI is InChI=1S/C18H32N4O7S/c1-9(2)7-11(19)15(25)21-12(5-6-30-4)16(26)22-13(8-14(23)24)17(27)20-10(3)18(28)29/h9-13H,5-8,19H2,1-4H3,(H,20,27)(H,21,25)(H,22,26)(H,23,24)(H,28,29). The highest BCUT2D eigenvalue weighted by Gasteiger charge is 2.30. The fraction of sp³-hybridized carbons (Fsp3) is 0.722. The molecule has 0 aromatic rings. The zero-order chi connectivity index (χ0) is 23.4. The van der Waals surface area contributed by atoms with Gasteiger partial charge in [0.2, 0.25) is 17.7 Å². The average Bonchev–Trinajstić information content (AvgIpc) is 2.62. The Labute approximate surface area is 179 Å². The molecule has 0 radical (unpaired) electrons. The van der Waals surface area contributed by atoms with E-state index in [1.165, 1.54) is 18.7 Å². The van der Waals surface area contributed by atoms with Crippen molar-refractivity contribution in [3.8, 4) is 0 Å². The summed E-state index contributed by atoms with van der Waals surface area (Å²) in [7, 11) is 0. The minimum Gasteiger partial charge on any atom is -0.481 e. The Morgan fingerprint density at radius 3 is 1.90 bits per heavy atom. The van der Waals surface area contributed by atoms with Crippen molar-refractivity contribution in [3.05, 3.63) is 0 Å². The number of nitrogens with two attached hydrogens (primary N) is 1. The summed E-state index contributed by atoms with van der Waals surface area (Å²) in [5.74, 6) is -4.21. The number of hydrogen-bond donors (Lipinski definition) is 6. The fourth-order valence-electron chi connectivity index (χ4n) is 2.43. The highest BCUT2D eigenvalue weighted by atomic mass is 32.2. The molecular weight excluding hydrogens is 416 g/mol. The Balaban J connectivity index is 5.31. The molecule has 0 saturated heterocycles. The summed E-state index contributed by atoms with van der Waals surface area (Å²) in [6.07, 6.45) is 1.72. The summed E-state index contributed by atoms with van der Waals surface area (Å²) in [5.41, 5.74) is 5.85. The van der Waals surface area contributed by atoms with Gasteiger partial charge in [0.25, 0.3) is 0 Å². The lowest BCUT2D eigenvalue weighted by Gasteiger charge is -2.24. The third kappa shape index (κ3) is 11.0. The summed E-state index contributed by atoms with van der Waals surface area (Å²) in [4.78, 5) is 59.2. The molecule has 12 heteroatoms. The number of carbonyl (C=O) groups excluding carboxylic acids is 3. The van der Waals surface area contributed by atoms with E-state index in [4.69, 9.17) is 15.9 Å². The molecule has 4 atom stereocenters. The number of hydrogen-bond acceptors (Lipinski definition) is 7. The summed E-state index contributed by atoms with van der Waals surface area (Å²) in [6, 6.07) is -4.62. The first-order chi connectivity index (χ1) is 13.9. The number of carboxylic acids is 2. The van der Waals surface area contributed by atoms with Crippen molar-refractivity contribution in [2.45, 2.75) is 64.2 Å². The molecule has 0 bridgehead atoms. The fourth-order valence-corrected chi connectivity index (χ4v) is 2.90. The number of nitrogens with one attached hydrogen (secondary N) is 3. The molecule has 0 rings (SSSR count). The van der Waals surface area contributed by atoms with E-state index in [-0.39, 0.29) is 12.3 Å². The quantitative estimate of drug-likeness (QED) is 0.197. The molecule has 0 heterocycles. The normalized spacial score (nSPS) is 14.9. The molecule has 0 fully saturated rings. The topological polar surface area (TPSA) is 188 Å². The van der Waals surface area contributed by atoms with Gasteiger partial charge in [-0.2, -0.15) is 11.8 Å². The van der Waals surface area contributed by atoms with Crippen LogP contribution in [0.15, 0.2) is 0 Å². The van der Waals surface area contributed by atoms with E-state index in [2.05, 4.69) is 16.0 Å². The van der Waals surface area contributed by atoms with Crippen LogP contribution in [-0.2, 0) is 24.0 Å². The predicted molar refractivity (Wildman–Crippen MR) is 112 cm³/mol. The van der Waals surface area contributed by atoms with E-state index in [1.54, 1.807) is 0 Å². The monoisotopic (exact) mass is 448 g/mol. The van der Waals surface area contributed by atoms with Gasteiger partial charge in [-0.15, -0.1) is 0 Å². The first-order valence-corrected chi connectivity index (χ1v) is 10.9. The van der Waals surface area contributed by atoms with Crippen molar-refractivity contribution in [1.82, 2.24) is 16.0 Å². The van der Waals surface area contributed by atoms with Crippen molar-refractivity contribution in [1.29, 1.82) is 0 Å². The molecule has 0 aliphatic carbocycles. The van der Waals surface area contributed by atoms with Gasteiger partial charge in [-0.3, -0.25) is 24.0 Å². The number of amides is 3. The summed E-state index contributed by atoms with van der Waals surface area (Å²) in [6.45, 7) is 5.01. The predicted octanol–water partition coefficient (Wildman–Crippen LogP) is -0.853. The van der Waals surface area contributed by atoms with Gasteiger partial charge >= 0.3 is 11.9 Å². The van der Waals surface area contributed by atoms with Crippen molar-refractivity contribution in [2.24, 2.45) is 11.7 Å². The number of carbonyl (C=O) groups is 5. The van der Waals surface area contributed by atoms with E-state index in [1.807, 2.05) is 20.1 Å². The summed E-state index contributed by atoms with van der Waals surface area (Å²) >= 11 is 1.44. The van der Waals surface area contributed by atoms with Crippen LogP contribution in [0.1, 0.15) is 40.0 Å². The summed E-state index contributed by atoms with van der Waals surface area (Å²) < 4.78 is 0. The Hall–Kier alpha value is -2.34. The van der Waals surface area contributed by atoms with Crippen molar-refractivity contribution >= 4 is 41.4 Å². The molecule has 3 amide bonds. The highest BCUT2D eigenvalue weighted by molar-refractivity contribution is 7.98. The molecule has 0 saturated carbocycles. The Bertz CT molecular complexity index is 630. The number of carboxylic acid groups (broad SMARTS) is 2. The molecular formula is C18H32N4O7S. The van der Waals surface area contributed by atoms with Gasteiger partial charge in [-0.25, -0.2) is 0 Å². The smallest absolute Gasteiger partial charge is 0.325 e. The van der Waals surface area contributed by atoms with Gasteiger partial charge in [0.1, 0.15) is 18.1 Å². The van der Waals surface area contributed by atoms with E-state index in [9.17, 15) is 24.0 Å². The molecule has 11 nitrogen and oxygen atoms in total.